The SMILES string of the molecule is c1c2ccccc2c2ccc(-c3cccc4c5cccc(-c6ccc7c(c6)SC6=CC=CCC67)c5n(-c5ccc6oc7ccccc7c6c5)c34)cc2c#1. The number of furan rings is 1. The topological polar surface area (TPSA) is 18.1 Å². The summed E-state index contributed by atoms with van der Waals surface area (Å²) >= 11 is 1.93. The molecule has 0 saturated carbocycles. The van der Waals surface area contributed by atoms with Crippen molar-refractivity contribution in [1.82, 2.24) is 4.57 Å². The van der Waals surface area contributed by atoms with Crippen LogP contribution in [-0.4, -0.2) is 4.57 Å². The van der Waals surface area contributed by atoms with Gasteiger partial charge in [0.1, 0.15) is 11.2 Å². The highest BCUT2D eigenvalue weighted by molar-refractivity contribution is 8.03. The van der Waals surface area contributed by atoms with E-state index >= 15 is 0 Å². The Hall–Kier alpha value is -6.47. The molecule has 8 aromatic carbocycles. The van der Waals surface area contributed by atoms with Crippen LogP contribution in [-0.2, 0) is 0 Å². The van der Waals surface area contributed by atoms with E-state index in [4.69, 9.17) is 4.42 Å². The lowest BCUT2D eigenvalue weighted by Gasteiger charge is -2.15. The molecule has 1 unspecified atom stereocenters. The molecule has 0 saturated heterocycles. The molecule has 1 aliphatic heterocycles. The number of rotatable bonds is 3. The summed E-state index contributed by atoms with van der Waals surface area (Å²) in [6.07, 6.45) is 7.86. The minimum absolute atomic E-state index is 0.477. The summed E-state index contributed by atoms with van der Waals surface area (Å²) in [5.74, 6) is 0.477. The summed E-state index contributed by atoms with van der Waals surface area (Å²) in [5.41, 5.74) is 11.5. The molecule has 1 aliphatic carbocycles. The number of fused-ring (bicyclic) bond motifs is 12. The zero-order chi connectivity index (χ0) is 34.6. The zero-order valence-electron chi connectivity index (χ0n) is 28.6. The van der Waals surface area contributed by atoms with Crippen LogP contribution < -0.4 is 0 Å². The van der Waals surface area contributed by atoms with Crippen LogP contribution in [0.2, 0.25) is 0 Å². The van der Waals surface area contributed by atoms with E-state index in [9.17, 15) is 0 Å². The Bertz CT molecular complexity index is 3250. The van der Waals surface area contributed by atoms with Crippen LogP contribution in [0.5, 0.6) is 0 Å². The van der Waals surface area contributed by atoms with Gasteiger partial charge in [-0.25, -0.2) is 0 Å². The average molecular weight is 692 g/mol. The maximum atomic E-state index is 6.31. The minimum Gasteiger partial charge on any atom is -0.456 e. The van der Waals surface area contributed by atoms with Crippen LogP contribution >= 0.6 is 11.8 Å². The van der Waals surface area contributed by atoms with Crippen molar-refractivity contribution in [3.05, 3.63) is 180 Å². The van der Waals surface area contributed by atoms with Gasteiger partial charge in [0, 0.05) is 59.9 Å². The molecule has 0 amide bonds. The fraction of sp³-hybridized carbons (Fsp3) is 0.0400. The van der Waals surface area contributed by atoms with Gasteiger partial charge in [0.15, 0.2) is 0 Å². The molecule has 0 bridgehead atoms. The van der Waals surface area contributed by atoms with Gasteiger partial charge >= 0.3 is 0 Å². The number of hydrogen-bond acceptors (Lipinski definition) is 2. The van der Waals surface area contributed by atoms with E-state index in [1.54, 1.807) is 0 Å². The summed E-state index contributed by atoms with van der Waals surface area (Å²) in [4.78, 5) is 2.82. The van der Waals surface area contributed by atoms with E-state index < -0.39 is 0 Å². The number of nitrogens with zero attached hydrogens (tertiary/aromatic N) is 1. The third-order valence-electron chi connectivity index (χ3n) is 11.3. The molecule has 0 fully saturated rings. The second kappa shape index (κ2) is 11.0. The van der Waals surface area contributed by atoms with Crippen molar-refractivity contribution in [3.8, 4) is 27.9 Å². The molecule has 3 heteroatoms. The number of hydrogen-bond donors (Lipinski definition) is 0. The zero-order valence-corrected chi connectivity index (χ0v) is 29.4. The molecule has 10 aromatic rings. The Morgan fingerprint density at radius 2 is 1.26 bits per heavy atom. The van der Waals surface area contributed by atoms with Crippen LogP contribution in [0, 0.1) is 12.1 Å². The first-order valence-corrected chi connectivity index (χ1v) is 19.0. The molecule has 2 nitrogen and oxygen atoms in total. The molecule has 1 atom stereocenters. The fourth-order valence-electron chi connectivity index (χ4n) is 8.90. The van der Waals surface area contributed by atoms with Crippen molar-refractivity contribution in [2.24, 2.45) is 0 Å². The second-order valence-electron chi connectivity index (χ2n) is 14.2. The Morgan fingerprint density at radius 1 is 0.566 bits per heavy atom. The molecule has 246 valence electrons. The van der Waals surface area contributed by atoms with Crippen LogP contribution in [0.1, 0.15) is 17.9 Å². The highest BCUT2D eigenvalue weighted by Gasteiger charge is 2.29. The van der Waals surface area contributed by atoms with Crippen LogP contribution in [0.4, 0.5) is 0 Å². The lowest BCUT2D eigenvalue weighted by atomic mass is 9.91. The molecule has 12 rings (SSSR count). The predicted octanol–water partition coefficient (Wildman–Crippen LogP) is 14.0. The fourth-order valence-corrected chi connectivity index (χ4v) is 10.2. The Balaban J connectivity index is 1.15. The van der Waals surface area contributed by atoms with Crippen LogP contribution in [0.25, 0.3) is 93.2 Å². The van der Waals surface area contributed by atoms with Gasteiger partial charge in [-0.2, -0.15) is 0 Å². The van der Waals surface area contributed by atoms with Crippen molar-refractivity contribution in [2.45, 2.75) is 17.2 Å². The number of allylic oxidation sites excluding steroid dienone is 4. The third-order valence-corrected chi connectivity index (χ3v) is 12.6. The molecule has 2 aromatic heterocycles. The second-order valence-corrected chi connectivity index (χ2v) is 15.3. The standard InChI is InChI=1S/C50H29NOS/c1-2-10-35-30(9-1)19-20-31-27-32(21-24-36(31)35)37-13-7-15-42-43-16-8-14-38(33-22-25-41-40-12-4-6-18-47(40)53-48(41)28-33)50(43)51(49(37)42)34-23-26-46-44(29-34)39-11-3-5-17-45(39)52-46/h1-11,13-18,21-29,40H,12H2. The summed E-state index contributed by atoms with van der Waals surface area (Å²) in [6, 6.07) is 57.8. The lowest BCUT2D eigenvalue weighted by molar-refractivity contribution is 0.669. The molecular formula is C50H29NOS. The van der Waals surface area contributed by atoms with Gasteiger partial charge in [-0.05, 0) is 81.3 Å². The van der Waals surface area contributed by atoms with E-state index in [1.165, 1.54) is 64.6 Å². The van der Waals surface area contributed by atoms with Gasteiger partial charge in [-0.3, -0.25) is 0 Å². The third kappa shape index (κ3) is 4.25. The summed E-state index contributed by atoms with van der Waals surface area (Å²) < 4.78 is 8.82. The number of para-hydroxylation sites is 3. The van der Waals surface area contributed by atoms with Crippen LogP contribution in [0.3, 0.4) is 0 Å². The van der Waals surface area contributed by atoms with E-state index in [2.05, 4.69) is 168 Å². The number of aromatic nitrogens is 1. The lowest BCUT2D eigenvalue weighted by Crippen LogP contribution is -1.98. The van der Waals surface area contributed by atoms with Gasteiger partial charge < -0.3 is 8.98 Å². The molecule has 53 heavy (non-hydrogen) atoms. The maximum absolute atomic E-state index is 6.31. The first-order chi connectivity index (χ1) is 26.3. The van der Waals surface area contributed by atoms with E-state index in [0.29, 0.717) is 5.92 Å². The van der Waals surface area contributed by atoms with Crippen molar-refractivity contribution in [3.63, 3.8) is 0 Å². The summed E-state index contributed by atoms with van der Waals surface area (Å²) in [7, 11) is 0. The molecule has 3 heterocycles. The Kier molecular flexibility index (Phi) is 6.06. The molecule has 0 radical (unpaired) electrons. The molecule has 0 spiro atoms. The smallest absolute Gasteiger partial charge is 0.135 e. The monoisotopic (exact) mass is 691 g/mol. The van der Waals surface area contributed by atoms with Gasteiger partial charge in [0.25, 0.3) is 0 Å². The van der Waals surface area contributed by atoms with Crippen molar-refractivity contribution in [1.29, 1.82) is 0 Å². The van der Waals surface area contributed by atoms with Gasteiger partial charge in [-0.1, -0.05) is 139 Å². The van der Waals surface area contributed by atoms with Crippen molar-refractivity contribution in [2.75, 3.05) is 0 Å². The molecular weight excluding hydrogens is 663 g/mol. The van der Waals surface area contributed by atoms with Gasteiger partial charge in [0.2, 0.25) is 0 Å². The van der Waals surface area contributed by atoms with Gasteiger partial charge in [0.05, 0.1) is 11.0 Å². The first kappa shape index (κ1) is 29.1. The number of benzene rings is 7. The summed E-state index contributed by atoms with van der Waals surface area (Å²) in [6.45, 7) is 0. The van der Waals surface area contributed by atoms with E-state index in [-0.39, 0.29) is 0 Å². The predicted molar refractivity (Wildman–Crippen MR) is 222 cm³/mol. The van der Waals surface area contributed by atoms with Crippen molar-refractivity contribution >= 4 is 77.1 Å². The largest absolute Gasteiger partial charge is 0.456 e. The minimum atomic E-state index is 0.477. The van der Waals surface area contributed by atoms with E-state index in [0.717, 1.165) is 50.4 Å². The van der Waals surface area contributed by atoms with Crippen molar-refractivity contribution < 1.29 is 4.42 Å². The highest BCUT2D eigenvalue weighted by atomic mass is 32.2. The normalized spacial score (nSPS) is 15.1. The number of thioether (sulfide) groups is 1. The maximum Gasteiger partial charge on any atom is 0.135 e. The average Bonchev–Trinajstić information content (AvgIpc) is 3.89. The highest BCUT2D eigenvalue weighted by Crippen LogP contribution is 2.53. The Morgan fingerprint density at radius 3 is 2.13 bits per heavy atom. The molecule has 2 aliphatic rings. The van der Waals surface area contributed by atoms with Gasteiger partial charge in [-0.15, -0.1) is 0 Å². The summed E-state index contributed by atoms with van der Waals surface area (Å²) in [5, 5.41) is 9.24. The quantitative estimate of drug-likeness (QED) is 0.184. The molecule has 0 N–H and O–H groups in total. The first-order valence-electron chi connectivity index (χ1n) is 18.2. The van der Waals surface area contributed by atoms with E-state index in [1.807, 2.05) is 17.8 Å². The Labute approximate surface area is 310 Å². The van der Waals surface area contributed by atoms with Crippen LogP contribution in [0.15, 0.2) is 172 Å².